The third-order valence-electron chi connectivity index (χ3n) is 3.14. The normalized spacial score (nSPS) is 14.9. The number of aliphatic hydroxyl groups is 4. The summed E-state index contributed by atoms with van der Waals surface area (Å²) in [5, 5.41) is 67.5. The molecule has 0 aliphatic rings. The molecule has 0 heterocycles. The van der Waals surface area contributed by atoms with Crippen LogP contribution >= 0.6 is 0 Å². The maximum atomic E-state index is 10.1. The number of quaternary nitrogens is 2. The Bertz CT molecular complexity index is 546. The predicted octanol–water partition coefficient (Wildman–Crippen LogP) is -3.07. The zero-order chi connectivity index (χ0) is 26.4. The van der Waals surface area contributed by atoms with Gasteiger partial charge in [0.15, 0.2) is 12.2 Å². The molecule has 0 aromatic rings. The molecule has 8 N–H and O–H groups in total. The molecular weight excluding hydrogens is 436 g/mol. The van der Waals surface area contributed by atoms with Crippen LogP contribution in [0.25, 0.3) is 0 Å². The Kier molecular flexibility index (Phi) is 16.5. The average Bonchev–Trinajstić information content (AvgIpc) is 2.48. The fourth-order valence-electron chi connectivity index (χ4n) is 2.07. The summed E-state index contributed by atoms with van der Waals surface area (Å²) in [5.74, 6) is -5.44. The first kappa shape index (κ1) is 34.3. The highest BCUT2D eigenvalue weighted by molar-refractivity contribution is 5.83. The first-order valence-corrected chi connectivity index (χ1v) is 9.31. The topological polar surface area (TPSA) is 230 Å². The number of carboxylic acid groups (broad SMARTS) is 4. The van der Waals surface area contributed by atoms with Crippen molar-refractivity contribution in [2.45, 2.75) is 37.3 Å². The SMILES string of the molecule is C[N+](C)(C)CC(O)CC(=O)O.C[N+](C)(C)CC(O)CC(=O)O.O=C(O)C(O)C(O)C(=O)O. The second-order valence-corrected chi connectivity index (χ2v) is 9.02. The van der Waals surface area contributed by atoms with Crippen LogP contribution in [0.4, 0.5) is 0 Å². The third-order valence-corrected chi connectivity index (χ3v) is 3.14. The van der Waals surface area contributed by atoms with E-state index in [1.165, 1.54) is 0 Å². The van der Waals surface area contributed by atoms with Gasteiger partial charge in [-0.1, -0.05) is 0 Å². The van der Waals surface area contributed by atoms with Crippen LogP contribution in [0.1, 0.15) is 12.8 Å². The van der Waals surface area contributed by atoms with Crippen molar-refractivity contribution in [1.29, 1.82) is 0 Å². The number of hydrogen-bond acceptors (Lipinski definition) is 8. The van der Waals surface area contributed by atoms with Crippen molar-refractivity contribution in [3.8, 4) is 0 Å². The maximum absolute atomic E-state index is 10.1. The van der Waals surface area contributed by atoms with Crippen LogP contribution in [0.3, 0.4) is 0 Å². The minimum atomic E-state index is -2.27. The second kappa shape index (κ2) is 15.4. The Balaban J connectivity index is -0.000000395. The summed E-state index contributed by atoms with van der Waals surface area (Å²) in [5.41, 5.74) is 0. The highest BCUT2D eigenvalue weighted by Crippen LogP contribution is 1.99. The highest BCUT2D eigenvalue weighted by Gasteiger charge is 2.29. The van der Waals surface area contributed by atoms with Gasteiger partial charge in [0.1, 0.15) is 25.3 Å². The van der Waals surface area contributed by atoms with Crippen molar-refractivity contribution in [3.05, 3.63) is 0 Å². The number of aliphatic hydroxyl groups excluding tert-OH is 4. The molecule has 0 bridgehead atoms. The number of rotatable bonds is 11. The Morgan fingerprint density at radius 2 is 0.781 bits per heavy atom. The van der Waals surface area contributed by atoms with Gasteiger partial charge in [-0.2, -0.15) is 0 Å². The lowest BCUT2D eigenvalue weighted by Gasteiger charge is -2.25. The quantitative estimate of drug-likeness (QED) is 0.139. The summed E-state index contributed by atoms with van der Waals surface area (Å²) in [4.78, 5) is 39.8. The van der Waals surface area contributed by atoms with E-state index in [1.54, 1.807) is 0 Å². The van der Waals surface area contributed by atoms with E-state index in [-0.39, 0.29) is 12.8 Å². The molecule has 0 amide bonds. The zero-order valence-corrected chi connectivity index (χ0v) is 19.2. The van der Waals surface area contributed by atoms with Crippen LogP contribution in [0.5, 0.6) is 0 Å². The molecule has 0 saturated heterocycles. The molecule has 4 unspecified atom stereocenters. The smallest absolute Gasteiger partial charge is 0.335 e. The molecule has 0 aliphatic heterocycles. The number of nitrogens with zero attached hydrogens (tertiary/aromatic N) is 2. The lowest BCUT2D eigenvalue weighted by molar-refractivity contribution is -0.873. The van der Waals surface area contributed by atoms with Crippen molar-refractivity contribution in [2.24, 2.45) is 0 Å². The fourth-order valence-corrected chi connectivity index (χ4v) is 2.07. The lowest BCUT2D eigenvalue weighted by atomic mass is 10.2. The highest BCUT2D eigenvalue weighted by atomic mass is 16.4. The molecule has 0 aliphatic carbocycles. The van der Waals surface area contributed by atoms with E-state index in [0.717, 1.165) is 0 Å². The molecule has 0 saturated carbocycles. The number of aliphatic carboxylic acids is 4. The van der Waals surface area contributed by atoms with E-state index in [9.17, 15) is 19.2 Å². The van der Waals surface area contributed by atoms with E-state index in [4.69, 9.17) is 40.9 Å². The Hall–Kier alpha value is -2.36. The summed E-state index contributed by atoms with van der Waals surface area (Å²) < 4.78 is 1.16. The minimum Gasteiger partial charge on any atom is -0.481 e. The van der Waals surface area contributed by atoms with Crippen LogP contribution in [-0.2, 0) is 19.2 Å². The largest absolute Gasteiger partial charge is 0.481 e. The Morgan fingerprint density at radius 3 is 0.906 bits per heavy atom. The number of hydrogen-bond donors (Lipinski definition) is 8. The van der Waals surface area contributed by atoms with Gasteiger partial charge < -0.3 is 49.8 Å². The van der Waals surface area contributed by atoms with Gasteiger partial charge in [0, 0.05) is 0 Å². The molecule has 14 heteroatoms. The van der Waals surface area contributed by atoms with Gasteiger partial charge in [0.25, 0.3) is 0 Å². The van der Waals surface area contributed by atoms with E-state index in [1.807, 2.05) is 42.3 Å². The van der Waals surface area contributed by atoms with E-state index >= 15 is 0 Å². The molecule has 190 valence electrons. The maximum Gasteiger partial charge on any atom is 0.335 e. The van der Waals surface area contributed by atoms with E-state index in [0.29, 0.717) is 22.1 Å². The summed E-state index contributed by atoms with van der Waals surface area (Å²) in [7, 11) is 11.4. The second-order valence-electron chi connectivity index (χ2n) is 9.02. The number of likely N-dealkylation sites (N-methyl/N-ethyl adjacent to an activating group) is 2. The summed E-state index contributed by atoms with van der Waals surface area (Å²) in [6.07, 6.45) is -6.36. The van der Waals surface area contributed by atoms with Crippen molar-refractivity contribution in [1.82, 2.24) is 0 Å². The Morgan fingerprint density at radius 1 is 0.562 bits per heavy atom. The van der Waals surface area contributed by atoms with Gasteiger partial charge >= 0.3 is 23.9 Å². The Labute approximate surface area is 186 Å². The van der Waals surface area contributed by atoms with Gasteiger partial charge in [-0.05, 0) is 0 Å². The van der Waals surface area contributed by atoms with E-state index in [2.05, 4.69) is 0 Å². The summed E-state index contributed by atoms with van der Waals surface area (Å²) >= 11 is 0. The molecular formula is C18H38N2O12+2. The van der Waals surface area contributed by atoms with Crippen molar-refractivity contribution in [2.75, 3.05) is 55.4 Å². The molecule has 0 aromatic heterocycles. The predicted molar refractivity (Wildman–Crippen MR) is 110 cm³/mol. The van der Waals surface area contributed by atoms with Crippen LogP contribution < -0.4 is 0 Å². The molecule has 0 rings (SSSR count). The van der Waals surface area contributed by atoms with Crippen LogP contribution in [0.15, 0.2) is 0 Å². The molecule has 0 fully saturated rings. The van der Waals surface area contributed by atoms with Crippen LogP contribution in [0, 0.1) is 0 Å². The fraction of sp³-hybridized carbons (Fsp3) is 0.778. The van der Waals surface area contributed by atoms with Gasteiger partial charge in [-0.15, -0.1) is 0 Å². The van der Waals surface area contributed by atoms with E-state index < -0.39 is 48.3 Å². The van der Waals surface area contributed by atoms with Crippen LogP contribution in [0.2, 0.25) is 0 Å². The minimum absolute atomic E-state index is 0.171. The summed E-state index contributed by atoms with van der Waals surface area (Å²) in [6.45, 7) is 0.929. The van der Waals surface area contributed by atoms with Crippen LogP contribution in [-0.4, -0.2) is 153 Å². The standard InChI is InChI=1S/2C7H15NO3.C4H6O6/c2*1-8(2,3)5-6(9)4-7(10)11;5-1(3(7)8)2(6)4(9)10/h2*6,9H,4-5H2,1-3H3;1-2,5-6H,(H,7,8)(H,9,10)/p+2. The number of carboxylic acids is 4. The first-order valence-electron chi connectivity index (χ1n) is 9.31. The first-order chi connectivity index (χ1) is 14.1. The molecule has 4 atom stereocenters. The van der Waals surface area contributed by atoms with Gasteiger partial charge in [-0.3, -0.25) is 9.59 Å². The molecule has 0 aromatic carbocycles. The number of carbonyl (C=O) groups is 4. The average molecular weight is 475 g/mol. The third kappa shape index (κ3) is 25.7. The monoisotopic (exact) mass is 474 g/mol. The van der Waals surface area contributed by atoms with Gasteiger partial charge in [-0.25, -0.2) is 9.59 Å². The molecule has 0 spiro atoms. The van der Waals surface area contributed by atoms with Crippen molar-refractivity contribution >= 4 is 23.9 Å². The van der Waals surface area contributed by atoms with Crippen molar-refractivity contribution < 1.29 is 69.0 Å². The van der Waals surface area contributed by atoms with Gasteiger partial charge in [0.05, 0.1) is 55.1 Å². The summed E-state index contributed by atoms with van der Waals surface area (Å²) in [6, 6.07) is 0. The lowest BCUT2D eigenvalue weighted by Crippen LogP contribution is -2.42. The zero-order valence-electron chi connectivity index (χ0n) is 19.2. The van der Waals surface area contributed by atoms with Crippen molar-refractivity contribution in [3.63, 3.8) is 0 Å². The molecule has 0 radical (unpaired) electrons. The molecule has 32 heavy (non-hydrogen) atoms. The molecule has 14 nitrogen and oxygen atoms in total. The van der Waals surface area contributed by atoms with Gasteiger partial charge in [0.2, 0.25) is 0 Å².